The van der Waals surface area contributed by atoms with E-state index in [1.165, 1.54) is 0 Å². The first-order valence-corrected chi connectivity index (χ1v) is 4.80. The third-order valence-electron chi connectivity index (χ3n) is 2.49. The molecule has 4 heteroatoms. The molecule has 0 unspecified atom stereocenters. The van der Waals surface area contributed by atoms with Gasteiger partial charge in [0, 0.05) is 0 Å². The zero-order valence-electron chi connectivity index (χ0n) is 8.04. The number of carbonyl (C=O) groups is 1. The average molecular weight is 187 g/mol. The summed E-state index contributed by atoms with van der Waals surface area (Å²) >= 11 is 0. The molecule has 1 rings (SSSR count). The Morgan fingerprint density at radius 3 is 2.62 bits per heavy atom. The number of nitrogens with two attached hydrogens (primary N) is 1. The van der Waals surface area contributed by atoms with Gasteiger partial charge in [0.2, 0.25) is 0 Å². The van der Waals surface area contributed by atoms with Crippen LogP contribution in [0.4, 0.5) is 0 Å². The van der Waals surface area contributed by atoms with Crippen molar-refractivity contribution in [2.75, 3.05) is 6.61 Å². The minimum atomic E-state index is -0.812. The van der Waals surface area contributed by atoms with Crippen LogP contribution >= 0.6 is 0 Å². The summed E-state index contributed by atoms with van der Waals surface area (Å²) in [6.45, 7) is 2.52. The van der Waals surface area contributed by atoms with Gasteiger partial charge in [0.15, 0.2) is 5.60 Å². The van der Waals surface area contributed by atoms with Crippen molar-refractivity contribution in [3.63, 3.8) is 0 Å². The van der Waals surface area contributed by atoms with Gasteiger partial charge < -0.3 is 4.74 Å². The molecule has 0 radical (unpaired) electrons. The highest BCUT2D eigenvalue weighted by Gasteiger charge is 2.47. The first-order chi connectivity index (χ1) is 6.25. The first kappa shape index (κ1) is 10.5. The van der Waals surface area contributed by atoms with Crippen LogP contribution in [0.25, 0.3) is 0 Å². The minimum absolute atomic E-state index is 0.297. The van der Waals surface area contributed by atoms with Crippen molar-refractivity contribution < 1.29 is 14.4 Å². The van der Waals surface area contributed by atoms with Gasteiger partial charge >= 0.3 is 5.97 Å². The standard InChI is InChI=1S/C9H17NO3/c1-2-3-7-12-8(11)9(13-10)5-4-6-9/h2-7,10H2,1H3. The normalized spacial score (nSPS) is 19.2. The summed E-state index contributed by atoms with van der Waals surface area (Å²) in [6, 6.07) is 0. The van der Waals surface area contributed by atoms with Gasteiger partial charge in [0.25, 0.3) is 0 Å². The Morgan fingerprint density at radius 2 is 2.23 bits per heavy atom. The fraction of sp³-hybridized carbons (Fsp3) is 0.889. The van der Waals surface area contributed by atoms with Gasteiger partial charge in [0.1, 0.15) is 0 Å². The second-order valence-electron chi connectivity index (χ2n) is 3.46. The second kappa shape index (κ2) is 4.58. The van der Waals surface area contributed by atoms with Crippen LogP contribution in [0.3, 0.4) is 0 Å². The van der Waals surface area contributed by atoms with Crippen molar-refractivity contribution in [1.29, 1.82) is 0 Å². The smallest absolute Gasteiger partial charge is 0.340 e. The number of esters is 1. The molecule has 0 heterocycles. The Labute approximate surface area is 78.3 Å². The van der Waals surface area contributed by atoms with E-state index >= 15 is 0 Å². The van der Waals surface area contributed by atoms with Crippen LogP contribution in [0.1, 0.15) is 39.0 Å². The molecule has 0 aromatic heterocycles. The third kappa shape index (κ3) is 2.19. The Balaban J connectivity index is 2.28. The van der Waals surface area contributed by atoms with E-state index in [-0.39, 0.29) is 5.97 Å². The van der Waals surface area contributed by atoms with Crippen LogP contribution in [0.2, 0.25) is 0 Å². The van der Waals surface area contributed by atoms with Gasteiger partial charge in [-0.3, -0.25) is 4.84 Å². The maximum Gasteiger partial charge on any atom is 0.340 e. The molecular weight excluding hydrogens is 170 g/mol. The lowest BCUT2D eigenvalue weighted by molar-refractivity contribution is -0.186. The summed E-state index contributed by atoms with van der Waals surface area (Å²) in [5.41, 5.74) is -0.812. The van der Waals surface area contributed by atoms with E-state index in [2.05, 4.69) is 0 Å². The zero-order chi connectivity index (χ0) is 9.73. The van der Waals surface area contributed by atoms with Crippen molar-refractivity contribution in [2.24, 2.45) is 5.90 Å². The predicted molar refractivity (Wildman–Crippen MR) is 47.7 cm³/mol. The summed E-state index contributed by atoms with van der Waals surface area (Å²) in [5, 5.41) is 0. The summed E-state index contributed by atoms with van der Waals surface area (Å²) in [4.78, 5) is 16.1. The molecule has 0 aromatic rings. The van der Waals surface area contributed by atoms with Crippen LogP contribution in [-0.2, 0) is 14.4 Å². The molecule has 0 bridgehead atoms. The Morgan fingerprint density at radius 1 is 1.54 bits per heavy atom. The number of unbranched alkanes of at least 4 members (excludes halogenated alkanes) is 1. The molecule has 0 atom stereocenters. The number of hydrogen-bond donors (Lipinski definition) is 1. The van der Waals surface area contributed by atoms with Gasteiger partial charge in [0.05, 0.1) is 6.61 Å². The van der Waals surface area contributed by atoms with Gasteiger partial charge in [-0.2, -0.15) is 0 Å². The molecule has 0 spiro atoms. The lowest BCUT2D eigenvalue weighted by Crippen LogP contribution is -2.50. The maximum atomic E-state index is 11.4. The maximum absolute atomic E-state index is 11.4. The molecule has 1 aliphatic carbocycles. The average Bonchev–Trinajstić information content (AvgIpc) is 2.04. The highest BCUT2D eigenvalue weighted by Crippen LogP contribution is 2.35. The fourth-order valence-corrected chi connectivity index (χ4v) is 1.31. The van der Waals surface area contributed by atoms with Crippen molar-refractivity contribution in [3.8, 4) is 0 Å². The molecule has 13 heavy (non-hydrogen) atoms. The van der Waals surface area contributed by atoms with Gasteiger partial charge in [-0.1, -0.05) is 13.3 Å². The number of ether oxygens (including phenoxy) is 1. The quantitative estimate of drug-likeness (QED) is 0.398. The highest BCUT2D eigenvalue weighted by atomic mass is 16.7. The number of hydrogen-bond acceptors (Lipinski definition) is 4. The topological polar surface area (TPSA) is 61.5 Å². The van der Waals surface area contributed by atoms with Crippen LogP contribution in [0.15, 0.2) is 0 Å². The Hall–Kier alpha value is -0.610. The van der Waals surface area contributed by atoms with Crippen molar-refractivity contribution in [3.05, 3.63) is 0 Å². The lowest BCUT2D eigenvalue weighted by Gasteiger charge is -2.36. The number of carbonyl (C=O) groups excluding carboxylic acids is 1. The largest absolute Gasteiger partial charge is 0.463 e. The Bertz CT molecular complexity index is 172. The molecule has 1 saturated carbocycles. The zero-order valence-corrected chi connectivity index (χ0v) is 8.04. The minimum Gasteiger partial charge on any atom is -0.463 e. The van der Waals surface area contributed by atoms with Crippen LogP contribution in [0, 0.1) is 0 Å². The molecule has 0 aliphatic heterocycles. The molecule has 76 valence electrons. The lowest BCUT2D eigenvalue weighted by atomic mass is 9.80. The first-order valence-electron chi connectivity index (χ1n) is 4.80. The molecule has 4 nitrogen and oxygen atoms in total. The SMILES string of the molecule is CCCCOC(=O)C1(ON)CCC1. The molecule has 0 aromatic carbocycles. The summed E-state index contributed by atoms with van der Waals surface area (Å²) in [6.07, 6.45) is 4.28. The molecule has 0 saturated heterocycles. The van der Waals surface area contributed by atoms with E-state index in [0.29, 0.717) is 19.4 Å². The predicted octanol–water partition coefficient (Wildman–Crippen LogP) is 1.14. The van der Waals surface area contributed by atoms with Gasteiger partial charge in [-0.05, 0) is 25.7 Å². The Kier molecular flexibility index (Phi) is 3.69. The van der Waals surface area contributed by atoms with E-state index in [9.17, 15) is 4.79 Å². The van der Waals surface area contributed by atoms with Crippen molar-refractivity contribution in [1.82, 2.24) is 0 Å². The highest BCUT2D eigenvalue weighted by molar-refractivity contribution is 5.80. The van der Waals surface area contributed by atoms with Crippen LogP contribution < -0.4 is 5.90 Å². The fourth-order valence-electron chi connectivity index (χ4n) is 1.31. The summed E-state index contributed by atoms with van der Waals surface area (Å²) in [7, 11) is 0. The summed E-state index contributed by atoms with van der Waals surface area (Å²) in [5.74, 6) is 4.78. The van der Waals surface area contributed by atoms with Gasteiger partial charge in [-0.25, -0.2) is 10.7 Å². The number of rotatable bonds is 5. The van der Waals surface area contributed by atoms with E-state index in [1.54, 1.807) is 0 Å². The van der Waals surface area contributed by atoms with Crippen molar-refractivity contribution >= 4 is 5.97 Å². The van der Waals surface area contributed by atoms with E-state index in [0.717, 1.165) is 19.3 Å². The van der Waals surface area contributed by atoms with E-state index in [4.69, 9.17) is 15.5 Å². The summed E-state index contributed by atoms with van der Waals surface area (Å²) < 4.78 is 5.04. The molecule has 1 fully saturated rings. The molecule has 1 aliphatic rings. The van der Waals surface area contributed by atoms with Crippen molar-refractivity contribution in [2.45, 2.75) is 44.6 Å². The molecule has 2 N–H and O–H groups in total. The third-order valence-corrected chi connectivity index (χ3v) is 2.49. The van der Waals surface area contributed by atoms with E-state index in [1.807, 2.05) is 6.92 Å². The van der Waals surface area contributed by atoms with Crippen LogP contribution in [-0.4, -0.2) is 18.2 Å². The molecular formula is C9H17NO3. The molecule has 0 amide bonds. The van der Waals surface area contributed by atoms with E-state index < -0.39 is 5.60 Å². The second-order valence-corrected chi connectivity index (χ2v) is 3.46. The monoisotopic (exact) mass is 187 g/mol. The van der Waals surface area contributed by atoms with Gasteiger partial charge in [-0.15, -0.1) is 0 Å². The van der Waals surface area contributed by atoms with Crippen LogP contribution in [0.5, 0.6) is 0 Å².